The van der Waals surface area contributed by atoms with Gasteiger partial charge in [-0.05, 0) is 22.0 Å². The maximum absolute atomic E-state index is 11.8. The molecule has 0 spiro atoms. The molecule has 0 aliphatic heterocycles. The fourth-order valence-electron chi connectivity index (χ4n) is 2.94. The summed E-state index contributed by atoms with van der Waals surface area (Å²) in [6, 6.07) is 5.01. The lowest BCUT2D eigenvalue weighted by atomic mass is 10.2. The molecule has 0 atom stereocenters. The number of azo groups is 1. The van der Waals surface area contributed by atoms with E-state index in [4.69, 9.17) is 4.74 Å². The highest BCUT2D eigenvalue weighted by molar-refractivity contribution is 9.10. The van der Waals surface area contributed by atoms with Gasteiger partial charge in [0.25, 0.3) is 5.69 Å². The zero-order valence-corrected chi connectivity index (χ0v) is 19.9. The maximum Gasteiger partial charge on any atom is 0.304 e. The summed E-state index contributed by atoms with van der Waals surface area (Å²) >= 11 is 3.08. The molecule has 0 saturated carbocycles. The van der Waals surface area contributed by atoms with Crippen LogP contribution in [0.25, 0.3) is 0 Å². The second kappa shape index (κ2) is 11.7. The normalized spacial score (nSPS) is 10.6. The van der Waals surface area contributed by atoms with E-state index < -0.39 is 21.2 Å². The molecule has 0 aliphatic carbocycles. The third-order valence-electron chi connectivity index (χ3n) is 4.34. The summed E-state index contributed by atoms with van der Waals surface area (Å²) in [6.45, 7) is 9.72. The molecule has 0 fully saturated rings. The van der Waals surface area contributed by atoms with E-state index in [0.29, 0.717) is 24.5 Å². The number of rotatable bonds is 11. The summed E-state index contributed by atoms with van der Waals surface area (Å²) < 4.78 is 5.49. The van der Waals surface area contributed by atoms with Crippen LogP contribution in [0.15, 0.2) is 64.3 Å². The average molecular weight is 533 g/mol. The van der Waals surface area contributed by atoms with Crippen molar-refractivity contribution in [3.8, 4) is 5.75 Å². The zero-order valence-electron chi connectivity index (χ0n) is 18.4. The van der Waals surface area contributed by atoms with E-state index in [9.17, 15) is 25.0 Å². The van der Waals surface area contributed by atoms with Crippen molar-refractivity contribution in [3.63, 3.8) is 0 Å². The molecule has 0 bridgehead atoms. The Labute approximate surface area is 203 Å². The Bertz CT molecular complexity index is 1170. The van der Waals surface area contributed by atoms with E-state index in [1.165, 1.54) is 20.1 Å². The summed E-state index contributed by atoms with van der Waals surface area (Å²) in [4.78, 5) is 34.7. The highest BCUT2D eigenvalue weighted by Crippen LogP contribution is 2.42. The summed E-state index contributed by atoms with van der Waals surface area (Å²) in [5.74, 6) is 0.0121. The van der Waals surface area contributed by atoms with Gasteiger partial charge in [-0.3, -0.25) is 25.0 Å². The van der Waals surface area contributed by atoms with Gasteiger partial charge in [-0.15, -0.1) is 23.4 Å². The average Bonchev–Trinajstić information content (AvgIpc) is 2.77. The molecule has 1 N–H and O–H groups in total. The molecule has 0 heterocycles. The number of halogens is 1. The molecule has 2 aromatic rings. The molecule has 12 nitrogen and oxygen atoms in total. The number of ether oxygens (including phenoxy) is 1. The van der Waals surface area contributed by atoms with E-state index in [1.807, 2.05) is 4.90 Å². The molecule has 0 aromatic heterocycles. The number of carbonyl (C=O) groups is 1. The van der Waals surface area contributed by atoms with Crippen molar-refractivity contribution in [2.45, 2.75) is 6.92 Å². The van der Waals surface area contributed by atoms with Crippen molar-refractivity contribution in [1.29, 1.82) is 0 Å². The minimum atomic E-state index is -0.799. The van der Waals surface area contributed by atoms with Crippen LogP contribution in [0.4, 0.5) is 34.1 Å². The molecule has 34 heavy (non-hydrogen) atoms. The summed E-state index contributed by atoms with van der Waals surface area (Å²) in [5.41, 5.74) is -0.289. The Morgan fingerprint density at radius 2 is 1.79 bits per heavy atom. The third-order valence-corrected chi connectivity index (χ3v) is 4.95. The van der Waals surface area contributed by atoms with Crippen LogP contribution in [0.5, 0.6) is 5.75 Å². The smallest absolute Gasteiger partial charge is 0.304 e. The first kappa shape index (κ1) is 26.1. The van der Waals surface area contributed by atoms with Crippen molar-refractivity contribution < 1.29 is 19.4 Å². The second-order valence-electron chi connectivity index (χ2n) is 6.71. The van der Waals surface area contributed by atoms with Crippen molar-refractivity contribution in [3.05, 3.63) is 74.3 Å². The fourth-order valence-corrected chi connectivity index (χ4v) is 3.46. The van der Waals surface area contributed by atoms with Crippen LogP contribution >= 0.6 is 15.9 Å². The summed E-state index contributed by atoms with van der Waals surface area (Å²) in [7, 11) is 1.45. The quantitative estimate of drug-likeness (QED) is 0.165. The lowest BCUT2D eigenvalue weighted by Crippen LogP contribution is -2.24. The van der Waals surface area contributed by atoms with Crippen LogP contribution in [-0.2, 0) is 4.79 Å². The predicted molar refractivity (Wildman–Crippen MR) is 132 cm³/mol. The van der Waals surface area contributed by atoms with E-state index in [0.717, 1.165) is 12.1 Å². The summed E-state index contributed by atoms with van der Waals surface area (Å²) in [5, 5.41) is 33.2. The number of hydrogen-bond donors (Lipinski definition) is 1. The lowest BCUT2D eigenvalue weighted by Gasteiger charge is -2.25. The van der Waals surface area contributed by atoms with Crippen LogP contribution in [0.3, 0.4) is 0 Å². The largest absolute Gasteiger partial charge is 0.494 e. The molecular weight excluding hydrogens is 512 g/mol. The number of hydrogen-bond acceptors (Lipinski definition) is 9. The third kappa shape index (κ3) is 6.22. The number of benzene rings is 2. The van der Waals surface area contributed by atoms with E-state index in [2.05, 4.69) is 44.6 Å². The van der Waals surface area contributed by atoms with Gasteiger partial charge in [0.1, 0.15) is 11.4 Å². The molecule has 0 radical (unpaired) electrons. The minimum absolute atomic E-state index is 0.00459. The van der Waals surface area contributed by atoms with Crippen LogP contribution < -0.4 is 15.0 Å². The first-order chi connectivity index (χ1) is 16.1. The lowest BCUT2D eigenvalue weighted by molar-refractivity contribution is -0.393. The van der Waals surface area contributed by atoms with Crippen molar-refractivity contribution in [2.24, 2.45) is 10.2 Å². The predicted octanol–water partition coefficient (Wildman–Crippen LogP) is 5.83. The van der Waals surface area contributed by atoms with Gasteiger partial charge in [-0.2, -0.15) is 0 Å². The second-order valence-corrected chi connectivity index (χ2v) is 7.57. The number of nitrogens with zero attached hydrogens (tertiary/aromatic N) is 5. The molecular formula is C21H21BrN6O6. The monoisotopic (exact) mass is 532 g/mol. The standard InChI is InChI=1S/C21H21BrN6O6/c1-5-7-26(8-6-2)18-11-16(23-13(3)29)17(12-20(18)34-4)24-25-21-15(22)9-14(27(30)31)10-19(21)28(32)33/h5-6,9-12H,1-2,7-8H2,3-4H3,(H,23,29). The Morgan fingerprint density at radius 1 is 1.15 bits per heavy atom. The number of nitrogens with one attached hydrogen (secondary N) is 1. The van der Waals surface area contributed by atoms with Gasteiger partial charge in [0.05, 0.1) is 38.9 Å². The number of amides is 1. The van der Waals surface area contributed by atoms with E-state index in [1.54, 1.807) is 18.2 Å². The van der Waals surface area contributed by atoms with Crippen molar-refractivity contribution in [2.75, 3.05) is 30.4 Å². The molecule has 0 aliphatic rings. The van der Waals surface area contributed by atoms with Gasteiger partial charge in [0, 0.05) is 32.1 Å². The number of nitro groups is 2. The molecule has 13 heteroatoms. The topological polar surface area (TPSA) is 153 Å². The van der Waals surface area contributed by atoms with Crippen LogP contribution in [0.1, 0.15) is 6.92 Å². The van der Waals surface area contributed by atoms with E-state index in [-0.39, 0.29) is 27.4 Å². The molecule has 0 unspecified atom stereocenters. The SMILES string of the molecule is C=CCN(CC=C)c1cc(NC(C)=O)c(N=Nc2c(Br)cc([N+](=O)[O-])cc2[N+](=O)[O-])cc1OC. The zero-order chi connectivity index (χ0) is 25.4. The molecule has 1 amide bonds. The van der Waals surface area contributed by atoms with Gasteiger partial charge in [0.2, 0.25) is 5.91 Å². The van der Waals surface area contributed by atoms with Gasteiger partial charge >= 0.3 is 5.69 Å². The van der Waals surface area contributed by atoms with Gasteiger partial charge < -0.3 is 15.0 Å². The fraction of sp³-hybridized carbons (Fsp3) is 0.190. The van der Waals surface area contributed by atoms with Gasteiger partial charge in [-0.1, -0.05) is 12.2 Å². The number of methoxy groups -OCH3 is 1. The van der Waals surface area contributed by atoms with Gasteiger partial charge in [0.15, 0.2) is 5.69 Å². The van der Waals surface area contributed by atoms with E-state index >= 15 is 0 Å². The highest BCUT2D eigenvalue weighted by Gasteiger charge is 2.24. The number of nitro benzene ring substituents is 2. The first-order valence-electron chi connectivity index (χ1n) is 9.63. The number of anilines is 2. The number of carbonyl (C=O) groups excluding carboxylic acids is 1. The Kier molecular flexibility index (Phi) is 8.95. The van der Waals surface area contributed by atoms with Crippen molar-refractivity contribution >= 4 is 56.0 Å². The highest BCUT2D eigenvalue weighted by atomic mass is 79.9. The Balaban J connectivity index is 2.68. The first-order valence-corrected chi connectivity index (χ1v) is 10.4. The van der Waals surface area contributed by atoms with Crippen LogP contribution in [0.2, 0.25) is 0 Å². The Morgan fingerprint density at radius 3 is 2.29 bits per heavy atom. The number of non-ortho nitro benzene ring substituents is 1. The van der Waals surface area contributed by atoms with Crippen LogP contribution in [0, 0.1) is 20.2 Å². The van der Waals surface area contributed by atoms with Crippen LogP contribution in [-0.4, -0.2) is 36.0 Å². The molecule has 0 saturated heterocycles. The summed E-state index contributed by atoms with van der Waals surface area (Å²) in [6.07, 6.45) is 3.39. The maximum atomic E-state index is 11.8. The molecule has 178 valence electrons. The van der Waals surface area contributed by atoms with Crippen molar-refractivity contribution in [1.82, 2.24) is 0 Å². The molecule has 2 aromatic carbocycles. The molecule has 2 rings (SSSR count). The van der Waals surface area contributed by atoms with Gasteiger partial charge in [-0.25, -0.2) is 0 Å². The Hall–Kier alpha value is -4.13. The minimum Gasteiger partial charge on any atom is -0.494 e.